The molecule has 0 atom stereocenters. The fraction of sp³-hybridized carbons (Fsp3) is 0.350. The number of aromatic nitrogens is 1. The molecule has 3 aromatic rings. The SMILES string of the molecule is CCN(CC)c1nc2sc(C(=O)NCc3ccc(OCC(N)=O)c(OC)c3)cc2s1. The van der Waals surface area contributed by atoms with E-state index in [1.807, 2.05) is 6.07 Å². The van der Waals surface area contributed by atoms with E-state index in [2.05, 4.69) is 29.0 Å². The third-order valence-electron chi connectivity index (χ3n) is 4.39. The van der Waals surface area contributed by atoms with E-state index in [1.54, 1.807) is 29.5 Å². The smallest absolute Gasteiger partial charge is 0.261 e. The average molecular weight is 449 g/mol. The molecule has 2 aromatic heterocycles. The molecule has 8 nitrogen and oxygen atoms in total. The first-order valence-corrected chi connectivity index (χ1v) is 11.1. The maximum Gasteiger partial charge on any atom is 0.261 e. The Bertz CT molecular complexity index is 1010. The highest BCUT2D eigenvalue weighted by Gasteiger charge is 2.16. The molecule has 160 valence electrons. The lowest BCUT2D eigenvalue weighted by atomic mass is 10.2. The summed E-state index contributed by atoms with van der Waals surface area (Å²) in [6.07, 6.45) is 0. The number of fused-ring (bicyclic) bond motifs is 1. The van der Waals surface area contributed by atoms with Crippen LogP contribution in [0.15, 0.2) is 24.3 Å². The summed E-state index contributed by atoms with van der Waals surface area (Å²) < 4.78 is 11.6. The molecule has 0 aliphatic heterocycles. The molecule has 0 saturated heterocycles. The Morgan fingerprint density at radius 3 is 2.57 bits per heavy atom. The van der Waals surface area contributed by atoms with Crippen LogP contribution in [0.2, 0.25) is 0 Å². The Hall–Kier alpha value is -2.85. The van der Waals surface area contributed by atoms with E-state index in [0.717, 1.165) is 33.3 Å². The second-order valence-electron chi connectivity index (χ2n) is 6.37. The van der Waals surface area contributed by atoms with E-state index in [4.69, 9.17) is 15.2 Å². The highest BCUT2D eigenvalue weighted by molar-refractivity contribution is 7.29. The maximum atomic E-state index is 12.6. The van der Waals surface area contributed by atoms with Crippen molar-refractivity contribution in [2.45, 2.75) is 20.4 Å². The highest BCUT2D eigenvalue weighted by atomic mass is 32.1. The number of primary amides is 1. The first-order valence-electron chi connectivity index (χ1n) is 9.46. The minimum absolute atomic E-state index is 0.150. The summed E-state index contributed by atoms with van der Waals surface area (Å²) in [5, 5.41) is 3.90. The van der Waals surface area contributed by atoms with E-state index in [1.165, 1.54) is 18.4 Å². The number of rotatable bonds is 10. The summed E-state index contributed by atoms with van der Waals surface area (Å²) >= 11 is 2.99. The Morgan fingerprint density at radius 1 is 1.17 bits per heavy atom. The number of thiophene rings is 1. The fourth-order valence-corrected chi connectivity index (χ4v) is 5.08. The van der Waals surface area contributed by atoms with Gasteiger partial charge in [-0.25, -0.2) is 4.98 Å². The van der Waals surface area contributed by atoms with Gasteiger partial charge < -0.3 is 25.4 Å². The zero-order valence-corrected chi connectivity index (χ0v) is 18.7. The largest absolute Gasteiger partial charge is 0.493 e. The average Bonchev–Trinajstić information content (AvgIpc) is 3.31. The van der Waals surface area contributed by atoms with Gasteiger partial charge in [-0.3, -0.25) is 9.59 Å². The van der Waals surface area contributed by atoms with Crippen molar-refractivity contribution in [2.75, 3.05) is 31.7 Å². The maximum absolute atomic E-state index is 12.6. The van der Waals surface area contributed by atoms with Crippen LogP contribution in [-0.4, -0.2) is 43.6 Å². The number of methoxy groups -OCH3 is 1. The van der Waals surface area contributed by atoms with Crippen molar-refractivity contribution in [3.63, 3.8) is 0 Å². The third kappa shape index (κ3) is 5.00. The minimum atomic E-state index is -0.567. The van der Waals surface area contributed by atoms with Crippen LogP contribution in [0, 0.1) is 0 Å². The van der Waals surface area contributed by atoms with Gasteiger partial charge in [0.05, 0.1) is 16.7 Å². The molecule has 0 saturated carbocycles. The lowest BCUT2D eigenvalue weighted by Crippen LogP contribution is -2.22. The fourth-order valence-electron chi connectivity index (χ4n) is 2.82. The number of nitrogens with two attached hydrogens (primary N) is 1. The number of carbonyl (C=O) groups is 2. The molecule has 0 fully saturated rings. The van der Waals surface area contributed by atoms with Gasteiger partial charge in [0.1, 0.15) is 4.83 Å². The van der Waals surface area contributed by atoms with Crippen molar-refractivity contribution in [2.24, 2.45) is 5.73 Å². The number of anilines is 1. The number of nitrogens with zero attached hydrogens (tertiary/aromatic N) is 2. The van der Waals surface area contributed by atoms with Crippen LogP contribution < -0.4 is 25.4 Å². The molecule has 0 unspecified atom stereocenters. The van der Waals surface area contributed by atoms with Crippen LogP contribution in [0.25, 0.3) is 9.53 Å². The normalized spacial score (nSPS) is 10.8. The van der Waals surface area contributed by atoms with Crippen molar-refractivity contribution in [1.82, 2.24) is 10.3 Å². The second-order valence-corrected chi connectivity index (χ2v) is 8.41. The molecule has 0 aliphatic carbocycles. The monoisotopic (exact) mass is 448 g/mol. The molecular weight excluding hydrogens is 424 g/mol. The quantitative estimate of drug-likeness (QED) is 0.494. The van der Waals surface area contributed by atoms with Crippen molar-refractivity contribution in [3.05, 3.63) is 34.7 Å². The summed E-state index contributed by atoms with van der Waals surface area (Å²) in [4.78, 5) is 31.8. The van der Waals surface area contributed by atoms with Crippen molar-refractivity contribution < 1.29 is 19.1 Å². The van der Waals surface area contributed by atoms with Gasteiger partial charge in [0.25, 0.3) is 11.8 Å². The molecule has 2 amide bonds. The summed E-state index contributed by atoms with van der Waals surface area (Å²) in [7, 11) is 1.51. The highest BCUT2D eigenvalue weighted by Crippen LogP contribution is 2.34. The number of carbonyl (C=O) groups excluding carboxylic acids is 2. The molecule has 0 bridgehead atoms. The Labute approximate surface area is 182 Å². The number of thiazole rings is 1. The minimum Gasteiger partial charge on any atom is -0.493 e. The molecule has 0 radical (unpaired) electrons. The van der Waals surface area contributed by atoms with E-state index in [0.29, 0.717) is 22.9 Å². The zero-order chi connectivity index (χ0) is 21.7. The molecule has 30 heavy (non-hydrogen) atoms. The topological polar surface area (TPSA) is 107 Å². The summed E-state index contributed by atoms with van der Waals surface area (Å²) in [5.41, 5.74) is 5.94. The van der Waals surface area contributed by atoms with E-state index >= 15 is 0 Å². The lowest BCUT2D eigenvalue weighted by Gasteiger charge is -2.16. The molecule has 3 rings (SSSR count). The lowest BCUT2D eigenvalue weighted by molar-refractivity contribution is -0.119. The van der Waals surface area contributed by atoms with Crippen LogP contribution in [0.4, 0.5) is 5.13 Å². The number of nitrogens with one attached hydrogen (secondary N) is 1. The van der Waals surface area contributed by atoms with Gasteiger partial charge in [-0.15, -0.1) is 11.3 Å². The molecule has 10 heteroatoms. The first-order chi connectivity index (χ1) is 14.4. The van der Waals surface area contributed by atoms with Gasteiger partial charge in [-0.05, 0) is 37.6 Å². The first kappa shape index (κ1) is 21.8. The predicted molar refractivity (Wildman–Crippen MR) is 120 cm³/mol. The van der Waals surface area contributed by atoms with Gasteiger partial charge in [0, 0.05) is 19.6 Å². The van der Waals surface area contributed by atoms with Crippen LogP contribution in [0.3, 0.4) is 0 Å². The van der Waals surface area contributed by atoms with Gasteiger partial charge in [-0.1, -0.05) is 17.4 Å². The van der Waals surface area contributed by atoms with Crippen LogP contribution in [0.5, 0.6) is 11.5 Å². The number of hydrogen-bond donors (Lipinski definition) is 2. The number of ether oxygens (including phenoxy) is 2. The van der Waals surface area contributed by atoms with Crippen LogP contribution >= 0.6 is 22.7 Å². The third-order valence-corrected chi connectivity index (χ3v) is 6.61. The van der Waals surface area contributed by atoms with E-state index in [-0.39, 0.29) is 12.5 Å². The Kier molecular flexibility index (Phi) is 7.11. The summed E-state index contributed by atoms with van der Waals surface area (Å²) in [6, 6.07) is 7.12. The standard InChI is InChI=1S/C20H24N4O4S2/c1-4-24(5-2)20-23-19-16(30-20)9-15(29-19)18(26)22-10-12-6-7-13(14(8-12)27-3)28-11-17(21)25/h6-9H,4-5,10-11H2,1-3H3,(H2,21,25)(H,22,26). The second kappa shape index (κ2) is 9.77. The van der Waals surface area contributed by atoms with Crippen molar-refractivity contribution in [3.8, 4) is 11.5 Å². The van der Waals surface area contributed by atoms with E-state index < -0.39 is 5.91 Å². The molecule has 0 spiro atoms. The van der Waals surface area contributed by atoms with Crippen molar-refractivity contribution >= 4 is 49.1 Å². The molecular formula is C20H24N4O4S2. The van der Waals surface area contributed by atoms with Gasteiger partial charge in [0.15, 0.2) is 23.2 Å². The molecule has 0 aliphatic rings. The van der Waals surface area contributed by atoms with Crippen molar-refractivity contribution in [1.29, 1.82) is 0 Å². The summed E-state index contributed by atoms with van der Waals surface area (Å²) in [6.45, 7) is 6.11. The van der Waals surface area contributed by atoms with Gasteiger partial charge >= 0.3 is 0 Å². The number of amides is 2. The Morgan fingerprint density at radius 2 is 1.93 bits per heavy atom. The van der Waals surface area contributed by atoms with Crippen LogP contribution in [0.1, 0.15) is 29.1 Å². The molecule has 1 aromatic carbocycles. The van der Waals surface area contributed by atoms with Gasteiger partial charge in [-0.2, -0.15) is 0 Å². The number of hydrogen-bond acceptors (Lipinski definition) is 8. The Balaban J connectivity index is 1.65. The zero-order valence-electron chi connectivity index (χ0n) is 17.1. The molecule has 2 heterocycles. The summed E-state index contributed by atoms with van der Waals surface area (Å²) in [5.74, 6) is 0.165. The predicted octanol–water partition coefficient (Wildman–Crippen LogP) is 3.01. The number of benzene rings is 1. The molecule has 3 N–H and O–H groups in total. The van der Waals surface area contributed by atoms with E-state index in [9.17, 15) is 9.59 Å². The van der Waals surface area contributed by atoms with Crippen LogP contribution in [-0.2, 0) is 11.3 Å². The van der Waals surface area contributed by atoms with Gasteiger partial charge in [0.2, 0.25) is 0 Å².